The number of ketones is 1. The van der Waals surface area contributed by atoms with Crippen LogP contribution >= 0.6 is 0 Å². The Labute approximate surface area is 142 Å². The Morgan fingerprint density at radius 2 is 1.58 bits per heavy atom. The van der Waals surface area contributed by atoms with E-state index in [0.29, 0.717) is 0 Å². The normalized spacial score (nSPS) is 15.4. The highest BCUT2D eigenvalue weighted by atomic mass is 16.1. The molecule has 2 aromatic carbocycles. The van der Waals surface area contributed by atoms with Crippen molar-refractivity contribution in [1.29, 1.82) is 0 Å². The van der Waals surface area contributed by atoms with E-state index in [-0.39, 0.29) is 5.78 Å². The van der Waals surface area contributed by atoms with Crippen LogP contribution in [0, 0.1) is 0 Å². The highest BCUT2D eigenvalue weighted by Crippen LogP contribution is 2.44. The molecule has 1 aliphatic carbocycles. The molecule has 0 unspecified atom stereocenters. The summed E-state index contributed by atoms with van der Waals surface area (Å²) in [4.78, 5) is 15.4. The third-order valence-corrected chi connectivity index (χ3v) is 4.99. The average Bonchev–Trinajstić information content (AvgIpc) is 2.93. The molecule has 24 heavy (non-hydrogen) atoms. The van der Waals surface area contributed by atoms with E-state index >= 15 is 0 Å². The van der Waals surface area contributed by atoms with Crippen LogP contribution in [0.4, 0.5) is 0 Å². The molecule has 2 aliphatic rings. The number of nitrogens with zero attached hydrogens (tertiary/aromatic N) is 1. The fourth-order valence-electron chi connectivity index (χ4n) is 3.84. The monoisotopic (exact) mass is 318 g/mol. The Morgan fingerprint density at radius 1 is 0.875 bits per heavy atom. The molecule has 0 atom stereocenters. The summed E-state index contributed by atoms with van der Waals surface area (Å²) in [6, 6.07) is 16.3. The van der Waals surface area contributed by atoms with Crippen molar-refractivity contribution in [2.75, 3.05) is 13.1 Å². The fourth-order valence-corrected chi connectivity index (χ4v) is 3.84. The lowest BCUT2D eigenvalue weighted by Gasteiger charge is -2.32. The first-order chi connectivity index (χ1) is 11.8. The van der Waals surface area contributed by atoms with Crippen molar-refractivity contribution in [1.82, 2.24) is 4.90 Å². The van der Waals surface area contributed by atoms with Gasteiger partial charge in [0.25, 0.3) is 0 Å². The lowest BCUT2D eigenvalue weighted by Crippen LogP contribution is -2.27. The molecular weight excluding hydrogens is 296 g/mol. The Hall–Kier alpha value is -2.39. The van der Waals surface area contributed by atoms with Gasteiger partial charge in [0.2, 0.25) is 0 Å². The molecule has 0 aromatic heterocycles. The second-order valence-electron chi connectivity index (χ2n) is 6.53. The first kappa shape index (κ1) is 15.2. The summed E-state index contributed by atoms with van der Waals surface area (Å²) in [6.45, 7) is 2.59. The molecule has 4 rings (SSSR count). The predicted molar refractivity (Wildman–Crippen MR) is 97.3 cm³/mol. The van der Waals surface area contributed by atoms with Crippen LogP contribution < -0.4 is 5.73 Å². The highest BCUT2D eigenvalue weighted by Gasteiger charge is 2.36. The van der Waals surface area contributed by atoms with Crippen LogP contribution in [-0.4, -0.2) is 23.8 Å². The molecule has 1 aliphatic heterocycles. The van der Waals surface area contributed by atoms with Gasteiger partial charge < -0.3 is 10.6 Å². The minimum Gasteiger partial charge on any atom is -0.366 e. The molecular formula is C21H22N2O. The number of benzene rings is 2. The van der Waals surface area contributed by atoms with Gasteiger partial charge in [-0.3, -0.25) is 4.79 Å². The van der Waals surface area contributed by atoms with E-state index in [4.69, 9.17) is 5.73 Å². The number of hydrogen-bond donors (Lipinski definition) is 1. The number of hydrogen-bond acceptors (Lipinski definition) is 3. The minimum absolute atomic E-state index is 0.166. The molecule has 0 saturated heterocycles. The highest BCUT2D eigenvalue weighted by molar-refractivity contribution is 6.40. The average molecular weight is 318 g/mol. The number of allylic oxidation sites excluding steroid dienone is 1. The van der Waals surface area contributed by atoms with Gasteiger partial charge in [-0.15, -0.1) is 0 Å². The van der Waals surface area contributed by atoms with Crippen molar-refractivity contribution in [2.45, 2.75) is 25.8 Å². The smallest absolute Gasteiger partial charge is 0.196 e. The van der Waals surface area contributed by atoms with Crippen LogP contribution in [0.25, 0.3) is 11.3 Å². The lowest BCUT2D eigenvalue weighted by molar-refractivity contribution is 0.105. The predicted octanol–water partition coefficient (Wildman–Crippen LogP) is 3.70. The standard InChI is InChI=1S/C21H22N2O/c22-12-6-1-7-13-23-14-15-8-2-3-9-16(15)19-20(23)17-10-4-5-11-18(17)21(19)24/h2-5,8-11H,1,6-7,12-14,22H2. The van der Waals surface area contributed by atoms with E-state index in [1.165, 1.54) is 5.56 Å². The molecule has 2 N–H and O–H groups in total. The third-order valence-electron chi connectivity index (χ3n) is 4.99. The molecule has 0 spiro atoms. The summed E-state index contributed by atoms with van der Waals surface area (Å²) in [6.07, 6.45) is 3.30. The van der Waals surface area contributed by atoms with Crippen LogP contribution in [-0.2, 0) is 6.54 Å². The van der Waals surface area contributed by atoms with Crippen LogP contribution in [0.1, 0.15) is 46.3 Å². The van der Waals surface area contributed by atoms with Crippen LogP contribution in [0.5, 0.6) is 0 Å². The van der Waals surface area contributed by atoms with Crippen LogP contribution in [0.15, 0.2) is 48.5 Å². The molecule has 0 radical (unpaired) electrons. The molecule has 0 bridgehead atoms. The van der Waals surface area contributed by atoms with E-state index < -0.39 is 0 Å². The van der Waals surface area contributed by atoms with Crippen molar-refractivity contribution < 1.29 is 4.79 Å². The first-order valence-electron chi connectivity index (χ1n) is 8.73. The quantitative estimate of drug-likeness (QED) is 0.855. The number of carbonyl (C=O) groups excluding carboxylic acids is 1. The van der Waals surface area contributed by atoms with E-state index in [1.54, 1.807) is 0 Å². The SMILES string of the molecule is NCCCCCN1Cc2ccccc2C2=C1c1ccccc1C2=O. The van der Waals surface area contributed by atoms with E-state index in [1.807, 2.05) is 24.3 Å². The first-order valence-corrected chi connectivity index (χ1v) is 8.73. The molecule has 2 aromatic rings. The molecule has 0 amide bonds. The number of nitrogens with two attached hydrogens (primary N) is 1. The van der Waals surface area contributed by atoms with Gasteiger partial charge >= 0.3 is 0 Å². The number of rotatable bonds is 5. The van der Waals surface area contributed by atoms with Gasteiger partial charge in [0.1, 0.15) is 0 Å². The van der Waals surface area contributed by atoms with Gasteiger partial charge in [0.15, 0.2) is 5.78 Å². The van der Waals surface area contributed by atoms with Gasteiger partial charge in [-0.2, -0.15) is 0 Å². The van der Waals surface area contributed by atoms with Crippen molar-refractivity contribution in [3.8, 4) is 0 Å². The van der Waals surface area contributed by atoms with Crippen molar-refractivity contribution in [2.24, 2.45) is 5.73 Å². The zero-order valence-corrected chi connectivity index (χ0v) is 13.8. The Balaban J connectivity index is 1.76. The molecule has 0 fully saturated rings. The maximum absolute atomic E-state index is 13.0. The van der Waals surface area contributed by atoms with Gasteiger partial charge in [0, 0.05) is 24.2 Å². The maximum atomic E-state index is 13.0. The van der Waals surface area contributed by atoms with Crippen molar-refractivity contribution in [3.63, 3.8) is 0 Å². The van der Waals surface area contributed by atoms with E-state index in [2.05, 4.69) is 29.2 Å². The molecule has 3 heteroatoms. The zero-order valence-electron chi connectivity index (χ0n) is 13.8. The summed E-state index contributed by atoms with van der Waals surface area (Å²) in [5.74, 6) is 0.166. The second-order valence-corrected chi connectivity index (χ2v) is 6.53. The number of fused-ring (bicyclic) bond motifs is 4. The Bertz CT molecular complexity index is 822. The number of unbranched alkanes of at least 4 members (excludes halogenated alkanes) is 2. The zero-order chi connectivity index (χ0) is 16.5. The summed E-state index contributed by atoms with van der Waals surface area (Å²) < 4.78 is 0. The van der Waals surface area contributed by atoms with E-state index in [0.717, 1.165) is 66.9 Å². The largest absolute Gasteiger partial charge is 0.366 e. The van der Waals surface area contributed by atoms with Crippen LogP contribution in [0.2, 0.25) is 0 Å². The maximum Gasteiger partial charge on any atom is 0.196 e. The molecule has 0 saturated carbocycles. The van der Waals surface area contributed by atoms with Gasteiger partial charge in [0.05, 0.1) is 11.3 Å². The van der Waals surface area contributed by atoms with Gasteiger partial charge in [-0.1, -0.05) is 55.0 Å². The Kier molecular flexibility index (Phi) is 3.95. The molecule has 3 nitrogen and oxygen atoms in total. The van der Waals surface area contributed by atoms with Crippen molar-refractivity contribution in [3.05, 3.63) is 70.8 Å². The molecule has 122 valence electrons. The van der Waals surface area contributed by atoms with Crippen LogP contribution in [0.3, 0.4) is 0 Å². The second kappa shape index (κ2) is 6.25. The summed E-state index contributed by atoms with van der Waals surface area (Å²) >= 11 is 0. The summed E-state index contributed by atoms with van der Waals surface area (Å²) in [5, 5.41) is 0. The number of carbonyl (C=O) groups is 1. The Morgan fingerprint density at radius 3 is 2.38 bits per heavy atom. The minimum atomic E-state index is 0.166. The van der Waals surface area contributed by atoms with E-state index in [9.17, 15) is 4.79 Å². The lowest BCUT2D eigenvalue weighted by atomic mass is 9.93. The van der Waals surface area contributed by atoms with Crippen molar-refractivity contribution >= 4 is 17.1 Å². The third kappa shape index (κ3) is 2.36. The van der Waals surface area contributed by atoms with Gasteiger partial charge in [-0.25, -0.2) is 0 Å². The fraction of sp³-hybridized carbons (Fsp3) is 0.286. The molecule has 1 heterocycles. The van der Waals surface area contributed by atoms with Gasteiger partial charge in [-0.05, 0) is 30.5 Å². The topological polar surface area (TPSA) is 46.3 Å². The number of Topliss-reactive ketones (excluding diaryl/α,β-unsaturated/α-hetero) is 1. The summed E-state index contributed by atoms with van der Waals surface area (Å²) in [7, 11) is 0. The summed E-state index contributed by atoms with van der Waals surface area (Å²) in [5.41, 5.74) is 11.9.